The zero-order valence-electron chi connectivity index (χ0n) is 8.37. The lowest BCUT2D eigenvalue weighted by Crippen LogP contribution is -2.28. The maximum absolute atomic E-state index is 12.0. The summed E-state index contributed by atoms with van der Waals surface area (Å²) >= 11 is 4.84. The fraction of sp³-hybridized carbons (Fsp3) is 0. The highest BCUT2D eigenvalue weighted by molar-refractivity contribution is 7.79. The zero-order valence-corrected chi connectivity index (χ0v) is 9.18. The van der Waals surface area contributed by atoms with Crippen molar-refractivity contribution in [3.63, 3.8) is 0 Å². The van der Waals surface area contributed by atoms with Gasteiger partial charge in [-0.1, -0.05) is 30.4 Å². The first-order valence-corrected chi connectivity index (χ1v) is 5.17. The van der Waals surface area contributed by atoms with Crippen LogP contribution in [-0.4, -0.2) is 11.4 Å². The molecular formula is C12H9NO2S. The highest BCUT2D eigenvalue weighted by Crippen LogP contribution is 2.15. The molecule has 1 aromatic carbocycles. The molecule has 0 saturated carbocycles. The minimum absolute atomic E-state index is 0.268. The molecule has 0 spiro atoms. The molecule has 3 nitrogen and oxygen atoms in total. The van der Waals surface area contributed by atoms with E-state index in [1.807, 2.05) is 30.3 Å². The van der Waals surface area contributed by atoms with Crippen molar-refractivity contribution in [3.8, 4) is 0 Å². The average Bonchev–Trinajstić information content (AvgIpc) is 2.85. The summed E-state index contributed by atoms with van der Waals surface area (Å²) in [5.41, 5.74) is 2.03. The summed E-state index contributed by atoms with van der Waals surface area (Å²) in [5, 5.41) is 0. The summed E-state index contributed by atoms with van der Waals surface area (Å²) in [5.74, 6) is -0.00356. The van der Waals surface area contributed by atoms with Crippen molar-refractivity contribution >= 4 is 29.3 Å². The number of carbonyl (C=O) groups is 1. The second-order valence-corrected chi connectivity index (χ2v) is 3.30. The number of thiocarbonyl (C=S) groups is 1. The molecular weight excluding hydrogens is 222 g/mol. The van der Waals surface area contributed by atoms with Crippen LogP contribution in [0.3, 0.4) is 0 Å². The van der Waals surface area contributed by atoms with Crippen LogP contribution in [0.25, 0.3) is 0 Å². The molecule has 0 fully saturated rings. The van der Waals surface area contributed by atoms with Gasteiger partial charge in [-0.2, -0.15) is 0 Å². The molecule has 80 valence electrons. The van der Waals surface area contributed by atoms with E-state index in [1.165, 1.54) is 16.7 Å². The van der Waals surface area contributed by atoms with Crippen molar-refractivity contribution in [1.29, 1.82) is 0 Å². The maximum atomic E-state index is 12.0. The molecule has 0 N–H and O–H groups in total. The van der Waals surface area contributed by atoms with E-state index in [2.05, 4.69) is 0 Å². The van der Waals surface area contributed by atoms with Crippen LogP contribution >= 0.6 is 12.2 Å². The first-order valence-electron chi connectivity index (χ1n) is 4.70. The third-order valence-electron chi connectivity index (χ3n) is 2.09. The van der Waals surface area contributed by atoms with Gasteiger partial charge in [-0.25, -0.2) is 0 Å². The van der Waals surface area contributed by atoms with Crippen LogP contribution < -0.4 is 4.90 Å². The zero-order chi connectivity index (χ0) is 11.4. The van der Waals surface area contributed by atoms with Gasteiger partial charge >= 0.3 is 0 Å². The Balaban J connectivity index is 2.31. The first kappa shape index (κ1) is 10.6. The molecule has 0 aliphatic carbocycles. The quantitative estimate of drug-likeness (QED) is 0.761. The predicted molar refractivity (Wildman–Crippen MR) is 65.6 cm³/mol. The third kappa shape index (κ3) is 2.01. The molecule has 1 aromatic heterocycles. The number of hydrogen-bond donors (Lipinski definition) is 0. The number of benzene rings is 1. The van der Waals surface area contributed by atoms with Crippen LogP contribution in [0.2, 0.25) is 0 Å². The average molecular weight is 231 g/mol. The Morgan fingerprint density at radius 3 is 2.50 bits per heavy atom. The fourth-order valence-electron chi connectivity index (χ4n) is 1.33. The Morgan fingerprint density at radius 1 is 1.19 bits per heavy atom. The van der Waals surface area contributed by atoms with Gasteiger partial charge in [0.1, 0.15) is 0 Å². The lowest BCUT2D eigenvalue weighted by Gasteiger charge is -2.15. The number of amides is 1. The van der Waals surface area contributed by atoms with Gasteiger partial charge in [-0.05, 0) is 24.3 Å². The first-order chi connectivity index (χ1) is 7.83. The Hall–Kier alpha value is -1.94. The molecule has 0 saturated heterocycles. The molecule has 1 heterocycles. The van der Waals surface area contributed by atoms with Crippen molar-refractivity contribution in [1.82, 2.24) is 0 Å². The van der Waals surface area contributed by atoms with E-state index < -0.39 is 0 Å². The van der Waals surface area contributed by atoms with Crippen molar-refractivity contribution in [2.45, 2.75) is 0 Å². The fourth-order valence-corrected chi connectivity index (χ4v) is 1.55. The van der Waals surface area contributed by atoms with Gasteiger partial charge in [0.15, 0.2) is 5.76 Å². The Morgan fingerprint density at radius 2 is 1.94 bits per heavy atom. The highest BCUT2D eigenvalue weighted by Gasteiger charge is 2.17. The number of rotatable bonds is 3. The molecule has 2 rings (SSSR count). The van der Waals surface area contributed by atoms with Crippen LogP contribution in [0.1, 0.15) is 10.6 Å². The lowest BCUT2D eigenvalue weighted by atomic mass is 10.3. The molecule has 0 atom stereocenters. The molecule has 0 bridgehead atoms. The Labute approximate surface area is 98.3 Å². The minimum Gasteiger partial charge on any atom is -0.459 e. The minimum atomic E-state index is -0.272. The van der Waals surface area contributed by atoms with E-state index in [-0.39, 0.29) is 11.7 Å². The smallest absolute Gasteiger partial charge is 0.298 e. The number of furan rings is 1. The van der Waals surface area contributed by atoms with Crippen molar-refractivity contribution < 1.29 is 9.21 Å². The summed E-state index contributed by atoms with van der Waals surface area (Å²) in [7, 11) is 0. The molecule has 0 aliphatic rings. The molecule has 0 radical (unpaired) electrons. The van der Waals surface area contributed by atoms with Gasteiger partial charge in [0.05, 0.1) is 11.8 Å². The molecule has 1 amide bonds. The van der Waals surface area contributed by atoms with Crippen molar-refractivity contribution in [2.24, 2.45) is 0 Å². The topological polar surface area (TPSA) is 33.5 Å². The normalized spacial score (nSPS) is 9.75. The SMILES string of the molecule is O=C(c1ccco1)N(C=S)c1ccccc1. The second-order valence-electron chi connectivity index (χ2n) is 3.09. The number of hydrogen-bond acceptors (Lipinski definition) is 3. The van der Waals surface area contributed by atoms with Crippen LogP contribution in [0.5, 0.6) is 0 Å². The number of para-hydroxylation sites is 1. The van der Waals surface area contributed by atoms with E-state index in [4.69, 9.17) is 16.6 Å². The highest BCUT2D eigenvalue weighted by atomic mass is 32.1. The van der Waals surface area contributed by atoms with Crippen LogP contribution in [-0.2, 0) is 0 Å². The van der Waals surface area contributed by atoms with Gasteiger partial charge in [0, 0.05) is 5.69 Å². The summed E-state index contributed by atoms with van der Waals surface area (Å²) < 4.78 is 5.04. The molecule has 0 unspecified atom stereocenters. The van der Waals surface area contributed by atoms with Gasteiger partial charge in [-0.3, -0.25) is 9.69 Å². The van der Waals surface area contributed by atoms with Gasteiger partial charge in [-0.15, -0.1) is 0 Å². The summed E-state index contributed by atoms with van der Waals surface area (Å²) in [4.78, 5) is 13.3. The van der Waals surface area contributed by atoms with Crippen molar-refractivity contribution in [3.05, 3.63) is 54.5 Å². The molecule has 16 heavy (non-hydrogen) atoms. The van der Waals surface area contributed by atoms with Crippen LogP contribution in [0.15, 0.2) is 53.1 Å². The largest absolute Gasteiger partial charge is 0.459 e. The van der Waals surface area contributed by atoms with Crippen LogP contribution in [0.4, 0.5) is 5.69 Å². The second kappa shape index (κ2) is 4.72. The molecule has 2 aromatic rings. The maximum Gasteiger partial charge on any atom is 0.298 e. The Kier molecular flexibility index (Phi) is 3.12. The Bertz CT molecular complexity index is 479. The summed E-state index contributed by atoms with van der Waals surface area (Å²) in [6, 6.07) is 12.5. The summed E-state index contributed by atoms with van der Waals surface area (Å²) in [6.07, 6.45) is 1.46. The number of carbonyl (C=O) groups excluding carboxylic acids is 1. The van der Waals surface area contributed by atoms with Gasteiger partial charge in [0.25, 0.3) is 5.91 Å². The predicted octanol–water partition coefficient (Wildman–Crippen LogP) is 2.88. The molecule has 0 aliphatic heterocycles. The van der Waals surface area contributed by atoms with E-state index in [1.54, 1.807) is 12.1 Å². The number of nitrogens with zero attached hydrogens (tertiary/aromatic N) is 1. The van der Waals surface area contributed by atoms with E-state index in [0.29, 0.717) is 0 Å². The number of anilines is 1. The lowest BCUT2D eigenvalue weighted by molar-refractivity contribution is 0.0977. The van der Waals surface area contributed by atoms with E-state index in [0.717, 1.165) is 5.69 Å². The third-order valence-corrected chi connectivity index (χ3v) is 2.30. The van der Waals surface area contributed by atoms with Crippen molar-refractivity contribution in [2.75, 3.05) is 4.90 Å². The summed E-state index contributed by atoms with van der Waals surface area (Å²) in [6.45, 7) is 0. The van der Waals surface area contributed by atoms with E-state index >= 15 is 0 Å². The van der Waals surface area contributed by atoms with Gasteiger partial charge < -0.3 is 4.42 Å². The van der Waals surface area contributed by atoms with Crippen LogP contribution in [0, 0.1) is 0 Å². The van der Waals surface area contributed by atoms with E-state index in [9.17, 15) is 4.79 Å². The standard InChI is InChI=1S/C12H9NO2S/c14-12(11-7-4-8-15-11)13(9-16)10-5-2-1-3-6-10/h1-9H. The van der Waals surface area contributed by atoms with Gasteiger partial charge in [0.2, 0.25) is 0 Å². The monoisotopic (exact) mass is 231 g/mol. The molecule has 4 heteroatoms.